The Morgan fingerprint density at radius 3 is 1.50 bits per heavy atom. The maximum Gasteiger partial charge on any atom is 0.298 e. The zero-order valence-electron chi connectivity index (χ0n) is 43.5. The number of aromatic nitrogens is 10. The number of ether oxygens (including phenoxy) is 2. The normalized spacial score (nSPS) is 17.3. The zero-order valence-corrected chi connectivity index (χ0v) is 45.5. The molecule has 72 heavy (non-hydrogen) atoms. The molecule has 2 aromatic carbocycles. The third-order valence-electron chi connectivity index (χ3n) is 15.3. The van der Waals surface area contributed by atoms with E-state index in [2.05, 4.69) is 98.2 Å². The quantitative estimate of drug-likeness (QED) is 0.0741. The number of anilines is 2. The van der Waals surface area contributed by atoms with E-state index >= 15 is 0 Å². The van der Waals surface area contributed by atoms with Crippen molar-refractivity contribution in [2.45, 2.75) is 90.6 Å². The molecule has 4 saturated heterocycles. The Kier molecular flexibility index (Phi) is 14.1. The van der Waals surface area contributed by atoms with Crippen molar-refractivity contribution >= 4 is 34.3 Å². The van der Waals surface area contributed by atoms with Crippen LogP contribution in [0.25, 0.3) is 28.8 Å². The van der Waals surface area contributed by atoms with Crippen molar-refractivity contribution in [3.8, 4) is 22.7 Å². The lowest BCUT2D eigenvalue weighted by molar-refractivity contribution is -0.127. The van der Waals surface area contributed by atoms with Crippen LogP contribution in [-0.2, 0) is 24.7 Å². The van der Waals surface area contributed by atoms with Crippen molar-refractivity contribution < 1.29 is 18.3 Å². The molecule has 6 aromatic rings. The summed E-state index contributed by atoms with van der Waals surface area (Å²) in [5.74, 6) is 0.996. The third-order valence-corrected chi connectivity index (χ3v) is 24.3. The van der Waals surface area contributed by atoms with Crippen LogP contribution in [0.2, 0.25) is 36.3 Å². The fourth-order valence-electron chi connectivity index (χ4n) is 8.66. The average molecular weight is 1020 g/mol. The first kappa shape index (κ1) is 51.0. The topological polar surface area (TPSA) is 175 Å². The molecule has 2 spiro atoms. The minimum Gasteiger partial charge on any atom is -0.417 e. The first-order valence-corrected chi connectivity index (χ1v) is 30.8. The van der Waals surface area contributed by atoms with Gasteiger partial charge in [-0.05, 0) is 104 Å². The molecule has 0 N–H and O–H groups in total. The lowest BCUT2D eigenvalue weighted by atomic mass is 9.78. The number of nitrogens with zero attached hydrogens (tertiary/aromatic N) is 12. The predicted molar refractivity (Wildman–Crippen MR) is 284 cm³/mol. The summed E-state index contributed by atoms with van der Waals surface area (Å²) in [5.41, 5.74) is 5.09. The van der Waals surface area contributed by atoms with Crippen molar-refractivity contribution in [2.24, 2.45) is 10.8 Å². The van der Waals surface area contributed by atoms with E-state index in [9.17, 15) is 9.59 Å². The van der Waals surface area contributed by atoms with E-state index in [4.69, 9.17) is 28.3 Å². The molecule has 18 nitrogen and oxygen atoms in total. The second kappa shape index (κ2) is 19.8. The number of rotatable bonds is 15. The maximum atomic E-state index is 13.5. The third kappa shape index (κ3) is 10.7. The first-order chi connectivity index (χ1) is 34.1. The molecular formula is C52H70N12O6Si2. The van der Waals surface area contributed by atoms with Gasteiger partial charge in [0.2, 0.25) is 0 Å². The van der Waals surface area contributed by atoms with Gasteiger partial charge >= 0.3 is 0 Å². The van der Waals surface area contributed by atoms with Crippen LogP contribution in [0.3, 0.4) is 0 Å². The van der Waals surface area contributed by atoms with Crippen molar-refractivity contribution in [1.29, 1.82) is 0 Å². The Balaban J connectivity index is 0.000000178. The van der Waals surface area contributed by atoms with E-state index in [0.717, 1.165) is 99.6 Å². The van der Waals surface area contributed by atoms with Gasteiger partial charge in [-0.2, -0.15) is 0 Å². The maximum absolute atomic E-state index is 13.5. The Morgan fingerprint density at radius 2 is 1.07 bits per heavy atom. The van der Waals surface area contributed by atoms with Gasteiger partial charge in [0.05, 0.1) is 91.4 Å². The highest BCUT2D eigenvalue weighted by Crippen LogP contribution is 2.41. The average Bonchev–Trinajstić information content (AvgIpc) is 4.03. The Bertz CT molecular complexity index is 2950. The van der Waals surface area contributed by atoms with Gasteiger partial charge in [-0.15, -0.1) is 10.2 Å². The summed E-state index contributed by atoms with van der Waals surface area (Å²) in [6.45, 7) is 30.0. The highest BCUT2D eigenvalue weighted by atomic mass is 28.4. The van der Waals surface area contributed by atoms with E-state index in [1.165, 1.54) is 0 Å². The van der Waals surface area contributed by atoms with E-state index in [1.54, 1.807) is 49.5 Å². The molecule has 4 aliphatic heterocycles. The molecule has 0 radical (unpaired) electrons. The summed E-state index contributed by atoms with van der Waals surface area (Å²) < 4.78 is 30.2. The van der Waals surface area contributed by atoms with Crippen LogP contribution < -0.4 is 20.9 Å². The molecular weight excluding hydrogens is 945 g/mol. The van der Waals surface area contributed by atoms with Crippen molar-refractivity contribution in [2.75, 3.05) is 75.6 Å². The smallest absolute Gasteiger partial charge is 0.298 e. The van der Waals surface area contributed by atoms with E-state index < -0.39 is 16.6 Å². The van der Waals surface area contributed by atoms with Gasteiger partial charge in [-0.1, -0.05) is 58.0 Å². The molecule has 0 atom stereocenters. The second-order valence-corrected chi connectivity index (χ2v) is 32.6. The molecule has 0 bridgehead atoms. The van der Waals surface area contributed by atoms with Crippen LogP contribution in [0.15, 0.2) is 101 Å². The van der Waals surface area contributed by atoms with Crippen LogP contribution in [-0.4, -0.2) is 132 Å². The standard InChI is InChI=1S/C26H36N6O3Si.C26H34N6O3Si/c2*1-25(2,3)36(4,5)35-14-6-7-20-15-31(21-8-10-22(11-9-21)32-13-12-27-29-32)24(33)23(28-20)30-16-26(17-30)18-34-19-26/h8-13,15H,6-7,14,16-19H2,1-5H3;6-13,15H,14,16-19H2,1-5H3/b;7-6+. The molecule has 0 amide bonds. The Labute approximate surface area is 423 Å². The molecule has 382 valence electrons. The highest BCUT2D eigenvalue weighted by molar-refractivity contribution is 6.74. The molecule has 0 saturated carbocycles. The minimum absolute atomic E-state index is 0.0973. The number of hydrogen-bond donors (Lipinski definition) is 0. The van der Waals surface area contributed by atoms with Crippen LogP contribution in [0.4, 0.5) is 11.6 Å². The van der Waals surface area contributed by atoms with E-state index in [0.29, 0.717) is 24.8 Å². The molecule has 0 unspecified atom stereocenters. The summed E-state index contributed by atoms with van der Waals surface area (Å²) in [6.07, 6.45) is 16.1. The van der Waals surface area contributed by atoms with Gasteiger partial charge in [0.15, 0.2) is 28.3 Å². The fraction of sp³-hybridized carbons (Fsp3) is 0.500. The lowest BCUT2D eigenvalue weighted by Crippen LogP contribution is -2.67. The van der Waals surface area contributed by atoms with E-state index in [1.807, 2.05) is 66.9 Å². The molecule has 10 rings (SSSR count). The summed E-state index contributed by atoms with van der Waals surface area (Å²) in [5, 5.41) is 16.1. The van der Waals surface area contributed by atoms with Gasteiger partial charge in [0.1, 0.15) is 0 Å². The summed E-state index contributed by atoms with van der Waals surface area (Å²) in [4.78, 5) is 40.8. The van der Waals surface area contributed by atoms with Crippen molar-refractivity contribution in [1.82, 2.24) is 49.1 Å². The Hall–Kier alpha value is -5.91. The second-order valence-electron chi connectivity index (χ2n) is 23.0. The number of hydrogen-bond acceptors (Lipinski definition) is 14. The fourth-order valence-corrected chi connectivity index (χ4v) is 10.7. The van der Waals surface area contributed by atoms with Gasteiger partial charge < -0.3 is 28.1 Å². The SMILES string of the molecule is CC(C)(C)[Si](C)(C)OC/C=C/c1cn(-c2ccc(-n3ccnn3)cc2)c(=O)c(N2CC3(COC3)C2)n1.CC(C)(C)[Si](C)(C)OCCCc1cn(-c2ccc(-n3ccnn3)cc2)c(=O)c(N2CC3(COC3)C2)n1. The molecule has 4 aliphatic rings. The molecule has 4 fully saturated rings. The number of benzene rings is 2. The largest absolute Gasteiger partial charge is 0.417 e. The van der Waals surface area contributed by atoms with Crippen molar-refractivity contribution in [3.63, 3.8) is 0 Å². The van der Waals surface area contributed by atoms with E-state index in [-0.39, 0.29) is 32.0 Å². The summed E-state index contributed by atoms with van der Waals surface area (Å²) >= 11 is 0. The lowest BCUT2D eigenvalue weighted by Gasteiger charge is -2.55. The Morgan fingerprint density at radius 1 is 0.625 bits per heavy atom. The minimum atomic E-state index is -1.84. The van der Waals surface area contributed by atoms with Gasteiger partial charge in [-0.3, -0.25) is 18.7 Å². The van der Waals surface area contributed by atoms with Crippen LogP contribution in [0.1, 0.15) is 59.4 Å². The van der Waals surface area contributed by atoms with Crippen LogP contribution in [0, 0.1) is 10.8 Å². The van der Waals surface area contributed by atoms with Gasteiger partial charge in [0.25, 0.3) is 11.1 Å². The summed E-state index contributed by atoms with van der Waals surface area (Å²) in [7, 11) is -3.63. The molecule has 8 heterocycles. The molecule has 20 heteroatoms. The zero-order chi connectivity index (χ0) is 51.1. The highest BCUT2D eigenvalue weighted by Gasteiger charge is 2.51. The van der Waals surface area contributed by atoms with Crippen molar-refractivity contribution in [3.05, 3.63) is 124 Å². The number of aryl methyl sites for hydroxylation is 1. The van der Waals surface area contributed by atoms with Gasteiger partial charge in [0, 0.05) is 56.6 Å². The van der Waals surface area contributed by atoms with Gasteiger partial charge in [-0.25, -0.2) is 19.3 Å². The summed E-state index contributed by atoms with van der Waals surface area (Å²) in [6, 6.07) is 15.4. The molecule has 4 aromatic heterocycles. The monoisotopic (exact) mass is 1010 g/mol. The first-order valence-electron chi connectivity index (χ1n) is 24.9. The van der Waals surface area contributed by atoms with Crippen LogP contribution in [0.5, 0.6) is 0 Å². The predicted octanol–water partition coefficient (Wildman–Crippen LogP) is 7.29. The molecule has 0 aliphatic carbocycles. The van der Waals surface area contributed by atoms with Crippen LogP contribution >= 0.6 is 0 Å².